The maximum absolute atomic E-state index is 12.2. The molecule has 0 spiro atoms. The lowest BCUT2D eigenvalue weighted by Crippen LogP contribution is -2.37. The van der Waals surface area contributed by atoms with Crippen LogP contribution in [-0.2, 0) is 4.74 Å². The fourth-order valence-corrected chi connectivity index (χ4v) is 3.02. The van der Waals surface area contributed by atoms with Crippen LogP contribution < -0.4 is 5.32 Å². The molecule has 0 saturated carbocycles. The number of morpholine rings is 1. The third kappa shape index (κ3) is 5.29. The van der Waals surface area contributed by atoms with Crippen LogP contribution >= 0.6 is 11.6 Å². The predicted molar refractivity (Wildman–Crippen MR) is 103 cm³/mol. The number of aliphatic hydroxyl groups excluding tert-OH is 1. The maximum Gasteiger partial charge on any atom is 0.255 e. The molecule has 6 heteroatoms. The number of nitrogens with one attached hydrogen (secondary N) is 1. The van der Waals surface area contributed by atoms with E-state index in [1.807, 2.05) is 12.1 Å². The monoisotopic (exact) mass is 374 g/mol. The van der Waals surface area contributed by atoms with Gasteiger partial charge in [-0.3, -0.25) is 9.69 Å². The Labute approximate surface area is 158 Å². The van der Waals surface area contributed by atoms with E-state index in [-0.39, 0.29) is 5.91 Å². The molecule has 2 aromatic carbocycles. The van der Waals surface area contributed by atoms with Crippen molar-refractivity contribution in [2.75, 3.05) is 38.2 Å². The molecule has 1 aliphatic heterocycles. The average Bonchev–Trinajstić information content (AvgIpc) is 2.68. The van der Waals surface area contributed by atoms with E-state index in [0.717, 1.165) is 38.4 Å². The molecular weight excluding hydrogens is 352 g/mol. The number of nitrogens with zero attached hydrogens (tertiary/aromatic N) is 1. The lowest BCUT2D eigenvalue weighted by atomic mass is 10.1. The molecule has 1 amide bonds. The Hall–Kier alpha value is -1.92. The number of carbonyl (C=O) groups excluding carboxylic acids is 1. The van der Waals surface area contributed by atoms with E-state index in [1.54, 1.807) is 36.4 Å². The summed E-state index contributed by atoms with van der Waals surface area (Å²) in [5.74, 6) is -0.192. The summed E-state index contributed by atoms with van der Waals surface area (Å²) >= 11 is 5.83. The Bertz CT molecular complexity index is 713. The van der Waals surface area contributed by atoms with Crippen LogP contribution in [0.5, 0.6) is 0 Å². The minimum atomic E-state index is -0.515. The summed E-state index contributed by atoms with van der Waals surface area (Å²) in [4.78, 5) is 14.5. The second-order valence-corrected chi connectivity index (χ2v) is 6.78. The minimum absolute atomic E-state index is 0.192. The Morgan fingerprint density at radius 3 is 2.42 bits per heavy atom. The number of carbonyl (C=O) groups is 1. The molecule has 3 rings (SSSR count). The minimum Gasteiger partial charge on any atom is -0.388 e. The van der Waals surface area contributed by atoms with Crippen LogP contribution in [0.4, 0.5) is 5.69 Å². The zero-order valence-electron chi connectivity index (χ0n) is 14.5. The molecule has 26 heavy (non-hydrogen) atoms. The topological polar surface area (TPSA) is 61.8 Å². The number of anilines is 1. The van der Waals surface area contributed by atoms with Crippen LogP contribution in [-0.4, -0.2) is 48.8 Å². The molecule has 0 aromatic heterocycles. The SMILES string of the molecule is O=C(Nc1ccc(C(O)CCN2CCOCC2)cc1)c1ccc(Cl)cc1. The molecule has 1 fully saturated rings. The van der Waals surface area contributed by atoms with Crippen molar-refractivity contribution in [3.63, 3.8) is 0 Å². The zero-order chi connectivity index (χ0) is 18.4. The van der Waals surface area contributed by atoms with E-state index < -0.39 is 6.10 Å². The first-order chi connectivity index (χ1) is 12.6. The van der Waals surface area contributed by atoms with Crippen molar-refractivity contribution in [3.05, 3.63) is 64.7 Å². The van der Waals surface area contributed by atoms with Crippen molar-refractivity contribution in [3.8, 4) is 0 Å². The van der Waals surface area contributed by atoms with E-state index in [2.05, 4.69) is 10.2 Å². The van der Waals surface area contributed by atoms with Gasteiger partial charge >= 0.3 is 0 Å². The first-order valence-corrected chi connectivity index (χ1v) is 9.14. The average molecular weight is 375 g/mol. The molecule has 1 saturated heterocycles. The molecule has 1 unspecified atom stereocenters. The molecule has 2 aromatic rings. The fraction of sp³-hybridized carbons (Fsp3) is 0.350. The van der Waals surface area contributed by atoms with Gasteiger partial charge in [0.05, 0.1) is 19.3 Å². The van der Waals surface area contributed by atoms with Gasteiger partial charge in [-0.05, 0) is 48.4 Å². The second kappa shape index (κ2) is 9.14. The summed E-state index contributed by atoms with van der Waals surface area (Å²) in [6.07, 6.45) is 0.162. The third-order valence-corrected chi connectivity index (χ3v) is 4.73. The fourth-order valence-electron chi connectivity index (χ4n) is 2.89. The molecule has 2 N–H and O–H groups in total. The third-order valence-electron chi connectivity index (χ3n) is 4.48. The van der Waals surface area contributed by atoms with Crippen molar-refractivity contribution < 1.29 is 14.6 Å². The van der Waals surface area contributed by atoms with Crippen molar-refractivity contribution in [2.24, 2.45) is 0 Å². The van der Waals surface area contributed by atoms with Crippen LogP contribution in [0.2, 0.25) is 5.02 Å². The van der Waals surface area contributed by atoms with Gasteiger partial charge in [-0.15, -0.1) is 0 Å². The van der Waals surface area contributed by atoms with Crippen molar-refractivity contribution in [2.45, 2.75) is 12.5 Å². The number of halogens is 1. The largest absolute Gasteiger partial charge is 0.388 e. The maximum atomic E-state index is 12.2. The van der Waals surface area contributed by atoms with Crippen LogP contribution in [0.25, 0.3) is 0 Å². The standard InChI is InChI=1S/C20H23ClN2O3/c21-17-5-1-16(2-6-17)20(25)22-18-7-3-15(4-8-18)19(24)9-10-23-11-13-26-14-12-23/h1-8,19,24H,9-14H2,(H,22,25). The van der Waals surface area contributed by atoms with Crippen LogP contribution in [0, 0.1) is 0 Å². The summed E-state index contributed by atoms with van der Waals surface area (Å²) < 4.78 is 5.33. The molecule has 138 valence electrons. The van der Waals surface area contributed by atoms with Gasteiger partial charge in [0.25, 0.3) is 5.91 Å². The summed E-state index contributed by atoms with van der Waals surface area (Å²) in [5.41, 5.74) is 2.08. The second-order valence-electron chi connectivity index (χ2n) is 6.34. The lowest BCUT2D eigenvalue weighted by Gasteiger charge is -2.27. The van der Waals surface area contributed by atoms with E-state index in [4.69, 9.17) is 16.3 Å². The molecular formula is C20H23ClN2O3. The van der Waals surface area contributed by atoms with E-state index in [1.165, 1.54) is 0 Å². The van der Waals surface area contributed by atoms with E-state index in [9.17, 15) is 9.90 Å². The van der Waals surface area contributed by atoms with Gasteiger partial charge in [-0.1, -0.05) is 23.7 Å². The number of aliphatic hydroxyl groups is 1. The Balaban J connectivity index is 1.52. The smallest absolute Gasteiger partial charge is 0.255 e. The van der Waals surface area contributed by atoms with Crippen molar-refractivity contribution in [1.29, 1.82) is 0 Å². The van der Waals surface area contributed by atoms with Gasteiger partial charge in [0.1, 0.15) is 0 Å². The quantitative estimate of drug-likeness (QED) is 0.814. The van der Waals surface area contributed by atoms with Gasteiger partial charge in [0.2, 0.25) is 0 Å². The number of hydrogen-bond acceptors (Lipinski definition) is 4. The molecule has 1 atom stereocenters. The number of ether oxygens (including phenoxy) is 1. The Morgan fingerprint density at radius 2 is 1.77 bits per heavy atom. The Morgan fingerprint density at radius 1 is 1.12 bits per heavy atom. The highest BCUT2D eigenvalue weighted by Crippen LogP contribution is 2.20. The number of hydrogen-bond donors (Lipinski definition) is 2. The number of amides is 1. The summed E-state index contributed by atoms with van der Waals surface area (Å²) in [7, 11) is 0. The molecule has 1 aliphatic rings. The zero-order valence-corrected chi connectivity index (χ0v) is 15.3. The molecule has 5 nitrogen and oxygen atoms in total. The lowest BCUT2D eigenvalue weighted by molar-refractivity contribution is 0.0300. The van der Waals surface area contributed by atoms with Crippen LogP contribution in [0.15, 0.2) is 48.5 Å². The molecule has 0 aliphatic carbocycles. The van der Waals surface area contributed by atoms with Crippen molar-refractivity contribution in [1.82, 2.24) is 4.90 Å². The van der Waals surface area contributed by atoms with Gasteiger partial charge in [0, 0.05) is 35.9 Å². The summed E-state index contributed by atoms with van der Waals surface area (Å²) in [6, 6.07) is 14.0. The molecule has 1 heterocycles. The highest BCUT2D eigenvalue weighted by Gasteiger charge is 2.14. The first-order valence-electron chi connectivity index (χ1n) is 8.77. The predicted octanol–water partition coefficient (Wildman–Crippen LogP) is 3.35. The summed E-state index contributed by atoms with van der Waals surface area (Å²) in [5, 5.41) is 13.8. The molecule has 0 bridgehead atoms. The Kier molecular flexibility index (Phi) is 6.63. The summed E-state index contributed by atoms with van der Waals surface area (Å²) in [6.45, 7) is 4.21. The van der Waals surface area contributed by atoms with E-state index >= 15 is 0 Å². The highest BCUT2D eigenvalue weighted by atomic mass is 35.5. The highest BCUT2D eigenvalue weighted by molar-refractivity contribution is 6.30. The first kappa shape index (κ1) is 18.9. The van der Waals surface area contributed by atoms with Crippen LogP contribution in [0.1, 0.15) is 28.4 Å². The van der Waals surface area contributed by atoms with Gasteiger partial charge < -0.3 is 15.2 Å². The van der Waals surface area contributed by atoms with E-state index in [0.29, 0.717) is 22.7 Å². The van der Waals surface area contributed by atoms with Gasteiger partial charge in [0.15, 0.2) is 0 Å². The molecule has 0 radical (unpaired) electrons. The van der Waals surface area contributed by atoms with Crippen molar-refractivity contribution >= 4 is 23.2 Å². The van der Waals surface area contributed by atoms with Gasteiger partial charge in [-0.2, -0.15) is 0 Å². The number of rotatable bonds is 6. The normalized spacial score (nSPS) is 16.2. The van der Waals surface area contributed by atoms with Crippen LogP contribution in [0.3, 0.4) is 0 Å². The number of benzene rings is 2. The van der Waals surface area contributed by atoms with Gasteiger partial charge in [-0.25, -0.2) is 0 Å².